The van der Waals surface area contributed by atoms with Crippen LogP contribution in [0.4, 0.5) is 18.9 Å². The molecule has 0 saturated carbocycles. The minimum atomic E-state index is -5.11. The molecule has 1 aliphatic carbocycles. The van der Waals surface area contributed by atoms with E-state index in [1.54, 1.807) is 18.2 Å². The first-order valence-corrected chi connectivity index (χ1v) is 12.2. The summed E-state index contributed by atoms with van der Waals surface area (Å²) in [6.07, 6.45) is -4.42. The van der Waals surface area contributed by atoms with Crippen molar-refractivity contribution < 1.29 is 36.2 Å². The van der Waals surface area contributed by atoms with Gasteiger partial charge >= 0.3 is 6.36 Å². The molecule has 2 atom stereocenters. The van der Waals surface area contributed by atoms with E-state index in [9.17, 15) is 31.5 Å². The molecule has 0 radical (unpaired) electrons. The summed E-state index contributed by atoms with van der Waals surface area (Å²) >= 11 is 12.7. The van der Waals surface area contributed by atoms with E-state index in [-0.39, 0.29) is 16.3 Å². The Bertz CT molecular complexity index is 1240. The quantitative estimate of drug-likeness (QED) is 0.329. The molecule has 2 unspecified atom stereocenters. The Hall–Kier alpha value is -2.57. The van der Waals surface area contributed by atoms with Crippen LogP contribution in [-0.4, -0.2) is 44.5 Å². The first-order valence-electron chi connectivity index (χ1n) is 10.4. The van der Waals surface area contributed by atoms with Crippen LogP contribution in [0.5, 0.6) is 0 Å². The van der Waals surface area contributed by atoms with Gasteiger partial charge in [0.2, 0.25) is 16.8 Å². The highest BCUT2D eigenvalue weighted by molar-refractivity contribution is 7.74. The lowest BCUT2D eigenvalue weighted by atomic mass is 9.91. The molecular weight excluding hydrogens is 544 g/mol. The summed E-state index contributed by atoms with van der Waals surface area (Å²) in [7, 11) is -1.52. The van der Waals surface area contributed by atoms with Crippen LogP contribution in [0.3, 0.4) is 0 Å². The molecule has 0 fully saturated rings. The lowest BCUT2D eigenvalue weighted by molar-refractivity contribution is -0.342. The van der Waals surface area contributed by atoms with Crippen molar-refractivity contribution in [2.75, 3.05) is 18.0 Å². The van der Waals surface area contributed by atoms with Crippen LogP contribution in [0.25, 0.3) is 5.57 Å². The number of allylic oxidation sites excluding steroid dienone is 2. The standard InChI is InChI=1S/C23H21Cl2F3N2O5S/c1-30(36(33)34)17-9-7-14(8-10-17)18(13-31)21(32)29-16-11-19(24)20(15-5-3-2-4-6-15)22(25,12-16)35-23(26,27)28/h2-11,18,31,36H,12-13H2,1H3,(H,29,32). The topological polar surface area (TPSA) is 95.9 Å². The Labute approximate surface area is 216 Å². The summed E-state index contributed by atoms with van der Waals surface area (Å²) in [4.78, 5) is 12.9. The van der Waals surface area contributed by atoms with Gasteiger partial charge in [0.25, 0.3) is 0 Å². The van der Waals surface area contributed by atoms with E-state index in [1.165, 1.54) is 49.5 Å². The SMILES string of the molecule is CN(c1ccc(C(CO)C(=O)NC2=CC(Cl)=C(c3ccccc3)C(Cl)(OC(F)(F)F)C2)cc1)[SH](=O)=O. The third kappa shape index (κ3) is 6.60. The largest absolute Gasteiger partial charge is 0.524 e. The molecule has 2 N–H and O–H groups in total. The Morgan fingerprint density at radius 3 is 2.33 bits per heavy atom. The molecule has 2 aromatic rings. The van der Waals surface area contributed by atoms with Gasteiger partial charge in [0, 0.05) is 24.7 Å². The summed E-state index contributed by atoms with van der Waals surface area (Å²) < 4.78 is 67.4. The predicted molar refractivity (Wildman–Crippen MR) is 131 cm³/mol. The highest BCUT2D eigenvalue weighted by atomic mass is 35.5. The highest BCUT2D eigenvalue weighted by Crippen LogP contribution is 2.48. The Balaban J connectivity index is 1.90. The van der Waals surface area contributed by atoms with E-state index in [0.29, 0.717) is 16.8 Å². The molecule has 0 bridgehead atoms. The van der Waals surface area contributed by atoms with E-state index in [2.05, 4.69) is 10.1 Å². The van der Waals surface area contributed by atoms with Crippen molar-refractivity contribution in [2.24, 2.45) is 0 Å². The van der Waals surface area contributed by atoms with Crippen LogP contribution in [-0.2, 0) is 20.4 Å². The number of alkyl halides is 4. The van der Waals surface area contributed by atoms with Crippen LogP contribution >= 0.6 is 23.2 Å². The second kappa shape index (κ2) is 11.2. The molecule has 7 nitrogen and oxygen atoms in total. The first kappa shape index (κ1) is 28.0. The van der Waals surface area contributed by atoms with Gasteiger partial charge in [-0.1, -0.05) is 65.7 Å². The maximum Gasteiger partial charge on any atom is 0.524 e. The number of anilines is 1. The van der Waals surface area contributed by atoms with E-state index >= 15 is 0 Å². The average molecular weight is 565 g/mol. The average Bonchev–Trinajstić information content (AvgIpc) is 2.78. The van der Waals surface area contributed by atoms with Crippen LogP contribution in [0.15, 0.2) is 71.4 Å². The first-order chi connectivity index (χ1) is 16.8. The van der Waals surface area contributed by atoms with E-state index in [0.717, 1.165) is 4.31 Å². The zero-order valence-corrected chi connectivity index (χ0v) is 21.0. The minimum absolute atomic E-state index is 0.0536. The maximum atomic E-state index is 13.3. The van der Waals surface area contributed by atoms with Crippen LogP contribution in [0.2, 0.25) is 0 Å². The summed E-state index contributed by atoms with van der Waals surface area (Å²) in [6.45, 7) is -0.631. The second-order valence-corrected chi connectivity index (χ2v) is 9.88. The molecule has 0 heterocycles. The van der Waals surface area contributed by atoms with E-state index < -0.39 is 47.2 Å². The number of nitrogens with zero attached hydrogens (tertiary/aromatic N) is 1. The molecule has 0 saturated heterocycles. The van der Waals surface area contributed by atoms with Gasteiger partial charge in [-0.3, -0.25) is 13.8 Å². The number of aliphatic hydroxyl groups excluding tert-OH is 1. The molecule has 194 valence electrons. The zero-order valence-electron chi connectivity index (χ0n) is 18.6. The van der Waals surface area contributed by atoms with Gasteiger partial charge in [0.1, 0.15) is 0 Å². The molecule has 0 spiro atoms. The summed E-state index contributed by atoms with van der Waals surface area (Å²) in [5, 5.41) is 9.66. The molecule has 2 aromatic carbocycles. The van der Waals surface area contributed by atoms with E-state index in [1.807, 2.05) is 0 Å². The van der Waals surface area contributed by atoms with Crippen molar-refractivity contribution in [1.82, 2.24) is 5.32 Å². The highest BCUT2D eigenvalue weighted by Gasteiger charge is 2.48. The van der Waals surface area contributed by atoms with Crippen molar-refractivity contribution in [3.63, 3.8) is 0 Å². The number of halogens is 5. The molecule has 36 heavy (non-hydrogen) atoms. The number of carbonyl (C=O) groups is 1. The fourth-order valence-electron chi connectivity index (χ4n) is 3.70. The van der Waals surface area contributed by atoms with Gasteiger partial charge in [-0.05, 0) is 29.3 Å². The summed E-state index contributed by atoms with van der Waals surface area (Å²) in [5.74, 6) is -1.85. The number of rotatable bonds is 8. The molecule has 1 amide bonds. The number of ether oxygens (including phenoxy) is 1. The van der Waals surface area contributed by atoms with Gasteiger partial charge < -0.3 is 10.4 Å². The molecule has 0 aliphatic heterocycles. The number of amides is 1. The zero-order chi connectivity index (χ0) is 26.7. The maximum absolute atomic E-state index is 13.3. The predicted octanol–water partition coefficient (Wildman–Crippen LogP) is 4.25. The number of aliphatic hydroxyl groups is 1. The summed E-state index contributed by atoms with van der Waals surface area (Å²) in [5.41, 5.74) is 0.823. The van der Waals surface area contributed by atoms with Gasteiger partial charge in [-0.2, -0.15) is 0 Å². The van der Waals surface area contributed by atoms with Gasteiger partial charge in [-0.15, -0.1) is 13.2 Å². The third-order valence-electron chi connectivity index (χ3n) is 5.37. The van der Waals surface area contributed by atoms with Crippen molar-refractivity contribution in [2.45, 2.75) is 23.8 Å². The van der Waals surface area contributed by atoms with Crippen molar-refractivity contribution >= 4 is 51.3 Å². The number of carbonyl (C=O) groups excluding carboxylic acids is 1. The Kier molecular flexibility index (Phi) is 8.73. The lowest BCUT2D eigenvalue weighted by Crippen LogP contribution is -2.40. The normalized spacial score (nSPS) is 19.2. The third-order valence-corrected chi connectivity index (χ3v) is 6.79. The lowest BCUT2D eigenvalue weighted by Gasteiger charge is -2.35. The van der Waals surface area contributed by atoms with Gasteiger partial charge in [-0.25, -0.2) is 8.42 Å². The fraction of sp³-hybridized carbons (Fsp3) is 0.261. The van der Waals surface area contributed by atoms with E-state index in [4.69, 9.17) is 23.2 Å². The second-order valence-electron chi connectivity index (χ2n) is 7.79. The van der Waals surface area contributed by atoms with Crippen molar-refractivity contribution in [3.05, 3.63) is 82.5 Å². The number of hydrogen-bond donors (Lipinski definition) is 3. The monoisotopic (exact) mass is 564 g/mol. The van der Waals surface area contributed by atoms with Crippen LogP contribution < -0.4 is 9.62 Å². The number of thiol groups is 1. The number of nitrogens with one attached hydrogen (secondary N) is 1. The molecule has 0 aromatic heterocycles. The van der Waals surface area contributed by atoms with Crippen LogP contribution in [0.1, 0.15) is 23.5 Å². The van der Waals surface area contributed by atoms with Crippen molar-refractivity contribution in [1.29, 1.82) is 0 Å². The smallest absolute Gasteiger partial charge is 0.395 e. The summed E-state index contributed by atoms with van der Waals surface area (Å²) in [6, 6.07) is 13.7. The molecule has 3 rings (SSSR count). The fourth-order valence-corrected chi connectivity index (χ4v) is 4.90. The number of benzene rings is 2. The van der Waals surface area contributed by atoms with Crippen molar-refractivity contribution in [3.8, 4) is 0 Å². The Morgan fingerprint density at radius 1 is 1.19 bits per heavy atom. The van der Waals surface area contributed by atoms with Gasteiger partial charge in [0.05, 0.1) is 23.2 Å². The molecule has 1 aliphatic rings. The van der Waals surface area contributed by atoms with Gasteiger partial charge in [0.15, 0.2) is 5.06 Å². The molecular formula is C23H21Cl2F3N2O5S. The number of hydrogen-bond acceptors (Lipinski definition) is 5. The van der Waals surface area contributed by atoms with Crippen LogP contribution in [0, 0.1) is 0 Å². The molecule has 13 heteroatoms. The minimum Gasteiger partial charge on any atom is -0.395 e. The Morgan fingerprint density at radius 2 is 1.81 bits per heavy atom.